The van der Waals surface area contributed by atoms with Crippen molar-refractivity contribution in [3.8, 4) is 0 Å². The highest BCUT2D eigenvalue weighted by atomic mass is 16.2. The van der Waals surface area contributed by atoms with Crippen molar-refractivity contribution in [1.29, 1.82) is 0 Å². The first kappa shape index (κ1) is 14.9. The summed E-state index contributed by atoms with van der Waals surface area (Å²) in [6, 6.07) is 0. The topological polar surface area (TPSA) is 75.4 Å². The van der Waals surface area contributed by atoms with Gasteiger partial charge in [0.2, 0.25) is 11.8 Å². The van der Waals surface area contributed by atoms with Gasteiger partial charge in [0, 0.05) is 19.6 Å². The number of hydrogen-bond donors (Lipinski definition) is 2. The molecule has 16 heavy (non-hydrogen) atoms. The lowest BCUT2D eigenvalue weighted by Gasteiger charge is -2.29. The van der Waals surface area contributed by atoms with Gasteiger partial charge in [0.1, 0.15) is 0 Å². The van der Waals surface area contributed by atoms with Gasteiger partial charge in [0.05, 0.1) is 12.0 Å². The van der Waals surface area contributed by atoms with E-state index in [-0.39, 0.29) is 24.9 Å². The fourth-order valence-corrected chi connectivity index (χ4v) is 1.27. The maximum Gasteiger partial charge on any atom is 0.239 e. The van der Waals surface area contributed by atoms with Gasteiger partial charge < -0.3 is 16.0 Å². The fraction of sp³-hybridized carbons (Fsp3) is 0.818. The molecule has 0 saturated heterocycles. The second kappa shape index (κ2) is 6.48. The first-order valence-corrected chi connectivity index (χ1v) is 5.65. The third-order valence-electron chi connectivity index (χ3n) is 2.47. The zero-order chi connectivity index (χ0) is 12.8. The zero-order valence-corrected chi connectivity index (χ0v) is 10.7. The Morgan fingerprint density at radius 3 is 2.25 bits per heavy atom. The second-order valence-electron chi connectivity index (χ2n) is 4.36. The molecule has 0 fully saturated rings. The average molecular weight is 229 g/mol. The number of nitrogens with two attached hydrogens (primary N) is 1. The van der Waals surface area contributed by atoms with E-state index in [1.165, 1.54) is 4.90 Å². The normalized spacial score (nSPS) is 11.1. The van der Waals surface area contributed by atoms with Crippen LogP contribution in [0, 0.1) is 5.41 Å². The van der Waals surface area contributed by atoms with E-state index in [1.807, 2.05) is 13.8 Å². The van der Waals surface area contributed by atoms with Gasteiger partial charge in [-0.3, -0.25) is 9.59 Å². The van der Waals surface area contributed by atoms with Gasteiger partial charge in [-0.2, -0.15) is 0 Å². The Balaban J connectivity index is 4.50. The van der Waals surface area contributed by atoms with Gasteiger partial charge in [-0.15, -0.1) is 0 Å². The molecule has 5 nitrogen and oxygen atoms in total. The lowest BCUT2D eigenvalue weighted by molar-refractivity contribution is -0.142. The second-order valence-corrected chi connectivity index (χ2v) is 4.36. The monoisotopic (exact) mass is 229 g/mol. The van der Waals surface area contributed by atoms with Crippen LogP contribution in [0.2, 0.25) is 0 Å². The Morgan fingerprint density at radius 2 is 1.88 bits per heavy atom. The summed E-state index contributed by atoms with van der Waals surface area (Å²) >= 11 is 0. The number of rotatable bonds is 6. The number of amides is 2. The van der Waals surface area contributed by atoms with Gasteiger partial charge in [-0.1, -0.05) is 0 Å². The summed E-state index contributed by atoms with van der Waals surface area (Å²) in [7, 11) is 0. The minimum absolute atomic E-state index is 0.0799. The summed E-state index contributed by atoms with van der Waals surface area (Å²) in [4.78, 5) is 25.0. The molecule has 2 amide bonds. The number of carbonyl (C=O) groups is 2. The minimum Gasteiger partial charge on any atom is -0.355 e. The Labute approximate surface area is 97.4 Å². The Bertz CT molecular complexity index is 252. The van der Waals surface area contributed by atoms with Gasteiger partial charge in [-0.05, 0) is 27.7 Å². The van der Waals surface area contributed by atoms with Crippen LogP contribution >= 0.6 is 0 Å². The molecule has 0 saturated carbocycles. The van der Waals surface area contributed by atoms with Gasteiger partial charge in [0.15, 0.2) is 0 Å². The average Bonchev–Trinajstić information content (AvgIpc) is 2.25. The molecular formula is C11H23N3O2. The van der Waals surface area contributed by atoms with Crippen LogP contribution in [0.4, 0.5) is 0 Å². The number of nitrogens with one attached hydrogen (secondary N) is 1. The summed E-state index contributed by atoms with van der Waals surface area (Å²) < 4.78 is 0. The molecule has 0 unspecified atom stereocenters. The molecule has 0 spiro atoms. The molecule has 0 aliphatic heterocycles. The molecule has 94 valence electrons. The highest BCUT2D eigenvalue weighted by molar-refractivity contribution is 5.87. The lowest BCUT2D eigenvalue weighted by atomic mass is 9.92. The van der Waals surface area contributed by atoms with Gasteiger partial charge >= 0.3 is 0 Å². The van der Waals surface area contributed by atoms with Crippen molar-refractivity contribution in [1.82, 2.24) is 10.2 Å². The third-order valence-corrected chi connectivity index (χ3v) is 2.47. The molecule has 0 aromatic rings. The quantitative estimate of drug-likeness (QED) is 0.671. The highest BCUT2D eigenvalue weighted by Crippen LogP contribution is 2.16. The van der Waals surface area contributed by atoms with Gasteiger partial charge in [0.25, 0.3) is 0 Å². The number of carbonyl (C=O) groups excluding carboxylic acids is 2. The number of likely N-dealkylation sites (N-methyl/N-ethyl adjacent to an activating group) is 2. The third kappa shape index (κ3) is 4.18. The van der Waals surface area contributed by atoms with Crippen LogP contribution < -0.4 is 11.1 Å². The molecule has 0 aliphatic carbocycles. The first-order chi connectivity index (χ1) is 7.38. The van der Waals surface area contributed by atoms with Crippen molar-refractivity contribution in [3.63, 3.8) is 0 Å². The predicted octanol–water partition coefficient (Wildman–Crippen LogP) is -0.0441. The largest absolute Gasteiger partial charge is 0.355 e. The Morgan fingerprint density at radius 1 is 1.31 bits per heavy atom. The molecule has 0 rings (SSSR count). The van der Waals surface area contributed by atoms with E-state index in [4.69, 9.17) is 5.73 Å². The SMILES string of the molecule is CCNC(=O)CN(CC)C(=O)C(C)(C)CN. The molecule has 0 bridgehead atoms. The molecule has 0 radical (unpaired) electrons. The smallest absolute Gasteiger partial charge is 0.239 e. The molecule has 0 aromatic heterocycles. The molecule has 5 heteroatoms. The Kier molecular flexibility index (Phi) is 6.03. The van der Waals surface area contributed by atoms with Crippen LogP contribution in [0.3, 0.4) is 0 Å². The van der Waals surface area contributed by atoms with E-state index in [2.05, 4.69) is 5.32 Å². The van der Waals surface area contributed by atoms with E-state index in [0.29, 0.717) is 13.1 Å². The van der Waals surface area contributed by atoms with Crippen LogP contribution in [-0.2, 0) is 9.59 Å². The fourth-order valence-electron chi connectivity index (χ4n) is 1.27. The molecular weight excluding hydrogens is 206 g/mol. The van der Waals surface area contributed by atoms with Crippen LogP contribution in [0.1, 0.15) is 27.7 Å². The Hall–Kier alpha value is -1.10. The van der Waals surface area contributed by atoms with E-state index in [0.717, 1.165) is 0 Å². The van der Waals surface area contributed by atoms with Crippen molar-refractivity contribution in [2.24, 2.45) is 11.1 Å². The molecule has 0 atom stereocenters. The van der Waals surface area contributed by atoms with Crippen molar-refractivity contribution < 1.29 is 9.59 Å². The summed E-state index contributed by atoms with van der Waals surface area (Å²) in [6.07, 6.45) is 0. The van der Waals surface area contributed by atoms with E-state index in [9.17, 15) is 9.59 Å². The number of hydrogen-bond acceptors (Lipinski definition) is 3. The van der Waals surface area contributed by atoms with E-state index in [1.54, 1.807) is 13.8 Å². The summed E-state index contributed by atoms with van der Waals surface area (Å²) in [5, 5.41) is 2.67. The van der Waals surface area contributed by atoms with Crippen LogP contribution in [-0.4, -0.2) is 42.9 Å². The van der Waals surface area contributed by atoms with E-state index >= 15 is 0 Å². The molecule has 0 heterocycles. The summed E-state index contributed by atoms with van der Waals surface area (Å²) in [5.41, 5.74) is 4.93. The molecule has 0 aliphatic rings. The molecule has 0 aromatic carbocycles. The lowest BCUT2D eigenvalue weighted by Crippen LogP contribution is -2.48. The first-order valence-electron chi connectivity index (χ1n) is 5.65. The van der Waals surface area contributed by atoms with Gasteiger partial charge in [-0.25, -0.2) is 0 Å². The van der Waals surface area contributed by atoms with Crippen molar-refractivity contribution in [2.75, 3.05) is 26.2 Å². The summed E-state index contributed by atoms with van der Waals surface area (Å²) in [6.45, 7) is 8.74. The minimum atomic E-state index is -0.609. The predicted molar refractivity (Wildman–Crippen MR) is 63.8 cm³/mol. The molecule has 3 N–H and O–H groups in total. The highest BCUT2D eigenvalue weighted by Gasteiger charge is 2.30. The number of nitrogens with zero attached hydrogens (tertiary/aromatic N) is 1. The zero-order valence-electron chi connectivity index (χ0n) is 10.7. The van der Waals surface area contributed by atoms with E-state index < -0.39 is 5.41 Å². The van der Waals surface area contributed by atoms with Crippen LogP contribution in [0.15, 0.2) is 0 Å². The summed E-state index contributed by atoms with van der Waals surface area (Å²) in [5.74, 6) is -0.214. The van der Waals surface area contributed by atoms with Crippen LogP contribution in [0.25, 0.3) is 0 Å². The standard InChI is InChI=1S/C11H23N3O2/c1-5-13-9(15)7-14(6-2)10(16)11(3,4)8-12/h5-8,12H2,1-4H3,(H,13,15). The van der Waals surface area contributed by atoms with Crippen molar-refractivity contribution >= 4 is 11.8 Å². The maximum atomic E-state index is 12.0. The van der Waals surface area contributed by atoms with Crippen molar-refractivity contribution in [3.05, 3.63) is 0 Å². The van der Waals surface area contributed by atoms with Crippen LogP contribution in [0.5, 0.6) is 0 Å². The maximum absolute atomic E-state index is 12.0. The van der Waals surface area contributed by atoms with Crippen molar-refractivity contribution in [2.45, 2.75) is 27.7 Å².